The van der Waals surface area contributed by atoms with E-state index in [0.29, 0.717) is 12.3 Å². The number of esters is 1. The van der Waals surface area contributed by atoms with Crippen molar-refractivity contribution in [3.63, 3.8) is 0 Å². The summed E-state index contributed by atoms with van der Waals surface area (Å²) in [5, 5.41) is 1.00. The number of carbonyl (C=O) groups is 1. The minimum Gasteiger partial charge on any atom is -0.461 e. The van der Waals surface area contributed by atoms with E-state index in [9.17, 15) is 4.79 Å². The zero-order valence-electron chi connectivity index (χ0n) is 12.2. The Balaban J connectivity index is 1.75. The molecule has 0 bridgehead atoms. The van der Waals surface area contributed by atoms with Crippen LogP contribution in [0.1, 0.15) is 48.0 Å². The van der Waals surface area contributed by atoms with Gasteiger partial charge in [0.05, 0.1) is 6.61 Å². The van der Waals surface area contributed by atoms with Gasteiger partial charge in [0.15, 0.2) is 10.8 Å². The van der Waals surface area contributed by atoms with Crippen molar-refractivity contribution in [1.82, 2.24) is 4.98 Å². The highest BCUT2D eigenvalue weighted by molar-refractivity contribution is 7.15. The molecule has 2 aliphatic carbocycles. The van der Waals surface area contributed by atoms with Gasteiger partial charge in [-0.05, 0) is 51.4 Å². The van der Waals surface area contributed by atoms with E-state index in [0.717, 1.165) is 34.9 Å². The van der Waals surface area contributed by atoms with Gasteiger partial charge in [0.2, 0.25) is 0 Å². The lowest BCUT2D eigenvalue weighted by Crippen LogP contribution is -2.28. The fourth-order valence-electron chi connectivity index (χ4n) is 2.36. The highest BCUT2D eigenvalue weighted by Crippen LogP contribution is 2.37. The fourth-order valence-corrected chi connectivity index (χ4v) is 3.28. The van der Waals surface area contributed by atoms with Crippen molar-refractivity contribution in [1.29, 1.82) is 0 Å². The SMILES string of the molecule is CCOC(=O)c1nc(N(CC2CC2)CC2CC2)sc1C. The number of rotatable bonds is 7. The van der Waals surface area contributed by atoms with Gasteiger partial charge in [-0.15, -0.1) is 11.3 Å². The van der Waals surface area contributed by atoms with E-state index in [1.165, 1.54) is 25.7 Å². The number of thiazole rings is 1. The van der Waals surface area contributed by atoms with Crippen LogP contribution in [0.2, 0.25) is 0 Å². The van der Waals surface area contributed by atoms with Crippen LogP contribution in [0, 0.1) is 18.8 Å². The Morgan fingerprint density at radius 2 is 1.90 bits per heavy atom. The van der Waals surface area contributed by atoms with Crippen molar-refractivity contribution in [3.8, 4) is 0 Å². The quantitative estimate of drug-likeness (QED) is 0.724. The van der Waals surface area contributed by atoms with Gasteiger partial charge >= 0.3 is 5.97 Å². The number of anilines is 1. The molecule has 1 heterocycles. The maximum Gasteiger partial charge on any atom is 0.358 e. The van der Waals surface area contributed by atoms with Gasteiger partial charge in [-0.3, -0.25) is 0 Å². The van der Waals surface area contributed by atoms with Crippen LogP contribution in [0.25, 0.3) is 0 Å². The first-order valence-corrected chi connectivity index (χ1v) is 8.38. The Morgan fingerprint density at radius 3 is 2.40 bits per heavy atom. The van der Waals surface area contributed by atoms with E-state index in [1.807, 2.05) is 13.8 Å². The Kier molecular flexibility index (Phi) is 3.96. The minimum absolute atomic E-state index is 0.287. The van der Waals surface area contributed by atoms with Gasteiger partial charge in [-0.25, -0.2) is 9.78 Å². The predicted octanol–water partition coefficient (Wildman–Crippen LogP) is 3.25. The average Bonchev–Trinajstić information content (AvgIpc) is 3.32. The first kappa shape index (κ1) is 13.9. The lowest BCUT2D eigenvalue weighted by atomic mass is 10.3. The van der Waals surface area contributed by atoms with E-state index in [-0.39, 0.29) is 5.97 Å². The van der Waals surface area contributed by atoms with Gasteiger partial charge in [-0.1, -0.05) is 0 Å². The molecule has 0 aliphatic heterocycles. The standard InChI is InChI=1S/C15H22N2O2S/c1-3-19-14(18)13-10(2)20-15(16-13)17(8-11-4-5-11)9-12-6-7-12/h11-12H,3-9H2,1-2H3. The molecule has 0 amide bonds. The summed E-state index contributed by atoms with van der Waals surface area (Å²) in [4.78, 5) is 19.8. The molecule has 0 spiro atoms. The average molecular weight is 294 g/mol. The van der Waals surface area contributed by atoms with E-state index in [4.69, 9.17) is 4.74 Å². The second kappa shape index (κ2) is 5.72. The summed E-state index contributed by atoms with van der Waals surface area (Å²) in [6.07, 6.45) is 5.37. The molecule has 2 fully saturated rings. The summed E-state index contributed by atoms with van der Waals surface area (Å²) in [6, 6.07) is 0. The number of hydrogen-bond donors (Lipinski definition) is 0. The zero-order valence-corrected chi connectivity index (χ0v) is 13.0. The topological polar surface area (TPSA) is 42.4 Å². The summed E-state index contributed by atoms with van der Waals surface area (Å²) in [5.41, 5.74) is 0.503. The third kappa shape index (κ3) is 3.32. The molecule has 0 aromatic carbocycles. The van der Waals surface area contributed by atoms with E-state index < -0.39 is 0 Å². The Hall–Kier alpha value is -1.10. The molecule has 0 unspecified atom stereocenters. The van der Waals surface area contributed by atoms with Crippen molar-refractivity contribution in [3.05, 3.63) is 10.6 Å². The smallest absolute Gasteiger partial charge is 0.358 e. The molecule has 20 heavy (non-hydrogen) atoms. The molecule has 3 rings (SSSR count). The molecule has 4 nitrogen and oxygen atoms in total. The summed E-state index contributed by atoms with van der Waals surface area (Å²) >= 11 is 1.63. The van der Waals surface area contributed by atoms with Crippen LogP contribution in [0.3, 0.4) is 0 Å². The van der Waals surface area contributed by atoms with Crippen molar-refractivity contribution < 1.29 is 9.53 Å². The summed E-state index contributed by atoms with van der Waals surface area (Å²) < 4.78 is 5.08. The second-order valence-electron chi connectivity index (χ2n) is 5.91. The molecule has 0 saturated heterocycles. The van der Waals surface area contributed by atoms with Crippen LogP contribution in [0.5, 0.6) is 0 Å². The van der Waals surface area contributed by atoms with Gasteiger partial charge in [0, 0.05) is 18.0 Å². The zero-order chi connectivity index (χ0) is 14.1. The summed E-state index contributed by atoms with van der Waals surface area (Å²) in [7, 11) is 0. The van der Waals surface area contributed by atoms with Crippen LogP contribution >= 0.6 is 11.3 Å². The van der Waals surface area contributed by atoms with Crippen molar-refractivity contribution in [2.75, 3.05) is 24.6 Å². The van der Waals surface area contributed by atoms with Gasteiger partial charge in [0.25, 0.3) is 0 Å². The number of ether oxygens (including phenoxy) is 1. The molecule has 2 saturated carbocycles. The van der Waals surface area contributed by atoms with E-state index in [1.54, 1.807) is 11.3 Å². The van der Waals surface area contributed by atoms with Crippen LogP contribution in [-0.4, -0.2) is 30.6 Å². The molecule has 0 radical (unpaired) electrons. The van der Waals surface area contributed by atoms with Gasteiger partial charge < -0.3 is 9.64 Å². The van der Waals surface area contributed by atoms with E-state index >= 15 is 0 Å². The largest absolute Gasteiger partial charge is 0.461 e. The second-order valence-corrected chi connectivity index (χ2v) is 7.10. The van der Waals surface area contributed by atoms with Crippen LogP contribution in [0.4, 0.5) is 5.13 Å². The lowest BCUT2D eigenvalue weighted by Gasteiger charge is -2.21. The fraction of sp³-hybridized carbons (Fsp3) is 0.733. The Bertz CT molecular complexity index is 478. The summed E-state index contributed by atoms with van der Waals surface area (Å²) in [6.45, 7) is 6.39. The highest BCUT2D eigenvalue weighted by Gasteiger charge is 2.31. The maximum atomic E-state index is 11.9. The number of hydrogen-bond acceptors (Lipinski definition) is 5. The number of nitrogens with zero attached hydrogens (tertiary/aromatic N) is 2. The monoisotopic (exact) mass is 294 g/mol. The Labute approximate surface area is 124 Å². The first-order valence-electron chi connectivity index (χ1n) is 7.57. The van der Waals surface area contributed by atoms with Crippen molar-refractivity contribution in [2.24, 2.45) is 11.8 Å². The van der Waals surface area contributed by atoms with Crippen molar-refractivity contribution in [2.45, 2.75) is 39.5 Å². The number of aromatic nitrogens is 1. The molecule has 0 atom stereocenters. The van der Waals surface area contributed by atoms with E-state index in [2.05, 4.69) is 9.88 Å². The summed E-state index contributed by atoms with van der Waals surface area (Å²) in [5.74, 6) is 1.39. The highest BCUT2D eigenvalue weighted by atomic mass is 32.1. The number of aryl methyl sites for hydroxylation is 1. The molecule has 110 valence electrons. The molecular formula is C15H22N2O2S. The van der Waals surface area contributed by atoms with Crippen LogP contribution < -0.4 is 4.90 Å². The lowest BCUT2D eigenvalue weighted by molar-refractivity contribution is 0.0519. The van der Waals surface area contributed by atoms with Gasteiger partial charge in [0.1, 0.15) is 0 Å². The molecule has 1 aromatic heterocycles. The first-order chi connectivity index (χ1) is 9.67. The normalized spacial score (nSPS) is 18.1. The predicted molar refractivity (Wildman–Crippen MR) is 80.5 cm³/mol. The van der Waals surface area contributed by atoms with Crippen LogP contribution in [0.15, 0.2) is 0 Å². The van der Waals surface area contributed by atoms with Crippen LogP contribution in [-0.2, 0) is 4.74 Å². The molecule has 0 N–H and O–H groups in total. The molecular weight excluding hydrogens is 272 g/mol. The third-order valence-corrected chi connectivity index (χ3v) is 4.91. The molecule has 5 heteroatoms. The van der Waals surface area contributed by atoms with Gasteiger partial charge in [-0.2, -0.15) is 0 Å². The Morgan fingerprint density at radius 1 is 1.30 bits per heavy atom. The molecule has 2 aliphatic rings. The third-order valence-electron chi connectivity index (χ3n) is 3.88. The number of carbonyl (C=O) groups excluding carboxylic acids is 1. The maximum absolute atomic E-state index is 11.9. The molecule has 1 aromatic rings. The minimum atomic E-state index is -0.287. The van der Waals surface area contributed by atoms with Crippen molar-refractivity contribution >= 4 is 22.4 Å².